The summed E-state index contributed by atoms with van der Waals surface area (Å²) in [4.78, 5) is 56.9. The minimum Gasteiger partial charge on any atom is -0.344 e. The van der Waals surface area contributed by atoms with Crippen LogP contribution >= 0.6 is 0 Å². The van der Waals surface area contributed by atoms with Crippen molar-refractivity contribution in [3.8, 4) is 0 Å². The van der Waals surface area contributed by atoms with E-state index >= 15 is 0 Å². The number of hydrogen-bond donors (Lipinski definition) is 5. The van der Waals surface area contributed by atoms with Gasteiger partial charge in [0.15, 0.2) is 17.7 Å². The molecule has 3 aliphatic rings. The van der Waals surface area contributed by atoms with E-state index in [2.05, 4.69) is 23.8 Å². The molecule has 56 heavy (non-hydrogen) atoms. The Morgan fingerprint density at radius 3 is 1.64 bits per heavy atom. The number of carbonyl (C=O) groups is 4. The first-order chi connectivity index (χ1) is 25.7. The summed E-state index contributed by atoms with van der Waals surface area (Å²) in [6.45, 7) is 23.5. The summed E-state index contributed by atoms with van der Waals surface area (Å²) in [5, 5.41) is 29.4. The lowest BCUT2D eigenvalue weighted by molar-refractivity contribution is -0.126. The van der Waals surface area contributed by atoms with Crippen molar-refractivity contribution in [1.82, 2.24) is 40.0 Å². The Morgan fingerprint density at radius 2 is 1.20 bits per heavy atom. The average molecular weight is 780 g/mol. The zero-order chi connectivity index (χ0) is 41.6. The Hall–Kier alpha value is -5.05. The Labute approximate surface area is 335 Å². The minimum absolute atomic E-state index is 0. The summed E-state index contributed by atoms with van der Waals surface area (Å²) >= 11 is 0. The summed E-state index contributed by atoms with van der Waals surface area (Å²) in [6.07, 6.45) is 2.32. The van der Waals surface area contributed by atoms with Crippen LogP contribution in [-0.2, 0) is 20.9 Å². The molecule has 0 aromatic heterocycles. The predicted octanol–water partition coefficient (Wildman–Crippen LogP) is 4.59. The largest absolute Gasteiger partial charge is 0.344 e. The topological polar surface area (TPSA) is 183 Å². The van der Waals surface area contributed by atoms with Gasteiger partial charge >= 0.3 is 0 Å². The van der Waals surface area contributed by atoms with E-state index < -0.39 is 0 Å². The molecule has 3 fully saturated rings. The highest BCUT2D eigenvalue weighted by Crippen LogP contribution is 2.20. The van der Waals surface area contributed by atoms with Gasteiger partial charge in [-0.05, 0) is 32.3 Å². The highest BCUT2D eigenvalue weighted by molar-refractivity contribution is 6.02. The van der Waals surface area contributed by atoms with Crippen LogP contribution in [0, 0.1) is 28.1 Å². The number of rotatable bonds is 16. The van der Waals surface area contributed by atoms with Gasteiger partial charge in [-0.1, -0.05) is 72.5 Å². The first-order valence-corrected chi connectivity index (χ1v) is 19.0. The van der Waals surface area contributed by atoms with Gasteiger partial charge in [-0.3, -0.25) is 45.6 Å². The first-order valence-electron chi connectivity index (χ1n) is 19.0. The molecule has 3 aliphatic heterocycles. The normalized spacial score (nSPS) is 15.5. The van der Waals surface area contributed by atoms with Crippen molar-refractivity contribution in [1.29, 1.82) is 16.2 Å². The summed E-state index contributed by atoms with van der Waals surface area (Å²) in [5.74, 6) is 1.64. The number of benzene rings is 1. The van der Waals surface area contributed by atoms with Crippen molar-refractivity contribution in [2.24, 2.45) is 11.8 Å². The van der Waals surface area contributed by atoms with Crippen molar-refractivity contribution in [2.45, 2.75) is 87.2 Å². The van der Waals surface area contributed by atoms with E-state index in [-0.39, 0.29) is 49.4 Å². The molecule has 5 N–H and O–H groups in total. The maximum atomic E-state index is 11.9. The molecule has 0 atom stereocenters. The molecule has 1 aromatic carbocycles. The van der Waals surface area contributed by atoms with Crippen molar-refractivity contribution in [3.63, 3.8) is 0 Å². The van der Waals surface area contributed by atoms with Crippen LogP contribution in [0.4, 0.5) is 0 Å². The lowest BCUT2D eigenvalue weighted by atomic mass is 10.00. The standard InChI is InChI=1S/C16H21N3O.C12H23N5O2.C12H21N3O.CH4/c1-11(2)15(20)14-7-5-13(6-8-14)10-19-12(3)9-18(4)16(19)17;1-9(2)14-8-15-10(18)5-4-6-17-11(19)7-16(3)12(17)13;1-9(2)11(16)6-5-7-15-10(3)8-14(4)12(15)13;/h5-8,11,17H,3,9-10H2,1-2,4H3;9,13-14H,4-8H2,1-3H3,(H,15,18);9,13H,3,5-8H2,1-2,4H3;1H4. The summed E-state index contributed by atoms with van der Waals surface area (Å²) in [6, 6.07) is 7.97. The van der Waals surface area contributed by atoms with Crippen LogP contribution in [0.3, 0.4) is 0 Å². The fraction of sp³-hybridized carbons (Fsp3) is 0.585. The Kier molecular flexibility index (Phi) is 20.2. The predicted molar refractivity (Wildman–Crippen MR) is 225 cm³/mol. The number of guanidine groups is 3. The molecule has 312 valence electrons. The molecule has 0 aliphatic carbocycles. The fourth-order valence-electron chi connectivity index (χ4n) is 5.78. The molecule has 15 nitrogen and oxygen atoms in total. The molecular formula is C41H69N11O4. The molecule has 2 amide bonds. The second-order valence-corrected chi connectivity index (χ2v) is 15.1. The van der Waals surface area contributed by atoms with Gasteiger partial charge in [0, 0.05) is 81.9 Å². The van der Waals surface area contributed by atoms with Gasteiger partial charge in [0.25, 0.3) is 0 Å². The van der Waals surface area contributed by atoms with E-state index in [1.54, 1.807) is 11.9 Å². The Bertz CT molecular complexity index is 1570. The minimum atomic E-state index is -0.0746. The van der Waals surface area contributed by atoms with Crippen LogP contribution < -0.4 is 10.6 Å². The molecule has 3 saturated heterocycles. The zero-order valence-corrected chi connectivity index (χ0v) is 34.6. The molecule has 0 spiro atoms. The van der Waals surface area contributed by atoms with E-state index in [1.165, 1.54) is 4.90 Å². The molecule has 3 heterocycles. The summed E-state index contributed by atoms with van der Waals surface area (Å²) in [7, 11) is 5.48. The van der Waals surface area contributed by atoms with Gasteiger partial charge in [0.2, 0.25) is 17.8 Å². The van der Waals surface area contributed by atoms with Crippen molar-refractivity contribution in [3.05, 3.63) is 59.9 Å². The molecule has 15 heteroatoms. The molecule has 0 bridgehead atoms. The van der Waals surface area contributed by atoms with Crippen LogP contribution in [0.2, 0.25) is 0 Å². The molecule has 1 aromatic rings. The third-order valence-electron chi connectivity index (χ3n) is 9.26. The quantitative estimate of drug-likeness (QED) is 0.118. The third kappa shape index (κ3) is 14.9. The van der Waals surface area contributed by atoms with E-state index in [0.717, 1.165) is 42.0 Å². The molecule has 0 radical (unpaired) electrons. The van der Waals surface area contributed by atoms with Crippen molar-refractivity contribution < 1.29 is 19.2 Å². The number of hydrogen-bond acceptors (Lipinski definition) is 8. The SMILES string of the molecule is C.C=C1CN(C)C(=N)N1CCCC(=O)C(C)C.C=C1CN(C)C(=N)N1Cc1ccc(C(=O)C(C)C)cc1.CC(C)NCNC(=O)CCCN1C(=N)N(C)CC1=O. The molecule has 0 unspecified atom stereocenters. The number of carbonyl (C=O) groups excluding carboxylic acids is 4. The maximum Gasteiger partial charge on any atom is 0.248 e. The monoisotopic (exact) mass is 780 g/mol. The number of Topliss-reactive ketones (excluding diaryl/α,β-unsaturated/α-hetero) is 2. The van der Waals surface area contributed by atoms with Crippen LogP contribution in [0.25, 0.3) is 0 Å². The van der Waals surface area contributed by atoms with E-state index in [1.807, 2.05) is 99.5 Å². The van der Waals surface area contributed by atoms with Gasteiger partial charge in [0.1, 0.15) is 5.78 Å². The number of nitrogens with one attached hydrogen (secondary N) is 5. The van der Waals surface area contributed by atoms with Gasteiger partial charge in [-0.2, -0.15) is 0 Å². The third-order valence-corrected chi connectivity index (χ3v) is 9.26. The summed E-state index contributed by atoms with van der Waals surface area (Å²) < 4.78 is 0. The van der Waals surface area contributed by atoms with Gasteiger partial charge in [0.05, 0.1) is 32.8 Å². The zero-order valence-electron chi connectivity index (χ0n) is 34.6. The number of ketones is 2. The van der Waals surface area contributed by atoms with E-state index in [9.17, 15) is 19.2 Å². The summed E-state index contributed by atoms with van der Waals surface area (Å²) in [5.41, 5.74) is 3.70. The van der Waals surface area contributed by atoms with Crippen LogP contribution in [0.15, 0.2) is 48.8 Å². The van der Waals surface area contributed by atoms with Crippen LogP contribution in [-0.4, -0.2) is 137 Å². The Balaban J connectivity index is 0.000000419. The maximum absolute atomic E-state index is 11.9. The number of likely N-dealkylation sites (N-methyl/N-ethyl adjacent to an activating group) is 3. The van der Waals surface area contributed by atoms with Crippen LogP contribution in [0.5, 0.6) is 0 Å². The van der Waals surface area contributed by atoms with Crippen molar-refractivity contribution in [2.75, 3.05) is 60.5 Å². The Morgan fingerprint density at radius 1 is 0.714 bits per heavy atom. The second-order valence-electron chi connectivity index (χ2n) is 15.1. The molecule has 4 rings (SSSR count). The lowest BCUT2D eigenvalue weighted by Gasteiger charge is -2.19. The lowest BCUT2D eigenvalue weighted by Crippen LogP contribution is -2.38. The van der Waals surface area contributed by atoms with Gasteiger partial charge in [-0.25, -0.2) is 0 Å². The van der Waals surface area contributed by atoms with E-state index in [0.29, 0.717) is 69.3 Å². The number of nitrogens with zero attached hydrogens (tertiary/aromatic N) is 6. The number of amides is 2. The van der Waals surface area contributed by atoms with Crippen LogP contribution in [0.1, 0.15) is 90.6 Å². The first kappa shape index (κ1) is 49.0. The average Bonchev–Trinajstić information content (AvgIpc) is 3.62. The highest BCUT2D eigenvalue weighted by atomic mass is 16.2. The smallest absolute Gasteiger partial charge is 0.248 e. The van der Waals surface area contributed by atoms with Gasteiger partial charge < -0.3 is 29.8 Å². The van der Waals surface area contributed by atoms with Crippen molar-refractivity contribution >= 4 is 41.3 Å². The second kappa shape index (κ2) is 23.1. The van der Waals surface area contributed by atoms with Gasteiger partial charge in [-0.15, -0.1) is 0 Å². The highest BCUT2D eigenvalue weighted by Gasteiger charge is 2.30. The fourth-order valence-corrected chi connectivity index (χ4v) is 5.78. The van der Waals surface area contributed by atoms with E-state index in [4.69, 9.17) is 16.2 Å². The molecular weight excluding hydrogens is 711 g/mol. The molecule has 0 saturated carbocycles.